The molecule has 0 aliphatic heterocycles. The van der Waals surface area contributed by atoms with Crippen molar-refractivity contribution in [1.29, 1.82) is 0 Å². The highest BCUT2D eigenvalue weighted by atomic mass is 32.2. The van der Waals surface area contributed by atoms with Gasteiger partial charge in [-0.05, 0) is 36.6 Å². The summed E-state index contributed by atoms with van der Waals surface area (Å²) in [5, 5.41) is 12.3. The van der Waals surface area contributed by atoms with Gasteiger partial charge in [-0.1, -0.05) is 78.4 Å². The van der Waals surface area contributed by atoms with Gasteiger partial charge in [0.15, 0.2) is 0 Å². The maximum Gasteiger partial charge on any atom is 0.321 e. The number of nitrogens with one attached hydrogen (secondary N) is 1. The molecule has 3 rings (SSSR count). The largest absolute Gasteiger partial charge is 0.480 e. The molecule has 0 amide bonds. The second kappa shape index (κ2) is 11.3. The second-order valence-corrected chi connectivity index (χ2v) is 8.16. The molecule has 30 heavy (non-hydrogen) atoms. The first-order chi connectivity index (χ1) is 14.3. The van der Waals surface area contributed by atoms with Crippen LogP contribution in [0.15, 0.2) is 89.8 Å². The van der Waals surface area contributed by atoms with Gasteiger partial charge in [0.1, 0.15) is 6.04 Å². The quantitative estimate of drug-likeness (QED) is 0.497. The number of rotatable bonds is 7. The van der Waals surface area contributed by atoms with Crippen LogP contribution in [0.3, 0.4) is 0 Å². The molecule has 0 fully saturated rings. The smallest absolute Gasteiger partial charge is 0.321 e. The molecule has 7 heteroatoms. The molecule has 1 atom stereocenters. The predicted octanol–water partition coefficient (Wildman–Crippen LogP) is 3.71. The van der Waals surface area contributed by atoms with Crippen molar-refractivity contribution < 1.29 is 22.9 Å². The van der Waals surface area contributed by atoms with Gasteiger partial charge in [0.25, 0.3) is 10.1 Å². The molecule has 158 valence electrons. The van der Waals surface area contributed by atoms with Gasteiger partial charge in [-0.3, -0.25) is 9.35 Å². The Morgan fingerprint density at radius 3 is 1.83 bits per heavy atom. The molecule has 3 aromatic rings. The molecule has 0 radical (unpaired) electrons. The van der Waals surface area contributed by atoms with Crippen molar-refractivity contribution in [1.82, 2.24) is 5.32 Å². The van der Waals surface area contributed by atoms with Gasteiger partial charge in [0.05, 0.1) is 4.90 Å². The lowest BCUT2D eigenvalue weighted by atomic mass is 10.1. The second-order valence-electron chi connectivity index (χ2n) is 6.74. The zero-order valence-corrected chi connectivity index (χ0v) is 17.4. The van der Waals surface area contributed by atoms with Crippen LogP contribution in [0.4, 0.5) is 0 Å². The number of aliphatic carboxylic acids is 1. The van der Waals surface area contributed by atoms with Gasteiger partial charge in [0.2, 0.25) is 0 Å². The van der Waals surface area contributed by atoms with Crippen molar-refractivity contribution >= 4 is 16.1 Å². The summed E-state index contributed by atoms with van der Waals surface area (Å²) in [6, 6.07) is 24.9. The van der Waals surface area contributed by atoms with Crippen molar-refractivity contribution in [2.45, 2.75) is 30.8 Å². The third-order valence-electron chi connectivity index (χ3n) is 4.29. The summed E-state index contributed by atoms with van der Waals surface area (Å²) in [4.78, 5) is 11.2. The Kier molecular flexibility index (Phi) is 8.73. The van der Waals surface area contributed by atoms with Gasteiger partial charge in [0, 0.05) is 6.54 Å². The Balaban J connectivity index is 0.000000248. The van der Waals surface area contributed by atoms with E-state index in [4.69, 9.17) is 4.55 Å². The number of carbonyl (C=O) groups is 1. The fourth-order valence-corrected chi connectivity index (χ4v) is 3.12. The third kappa shape index (κ3) is 8.16. The molecular weight excluding hydrogens is 402 g/mol. The lowest BCUT2D eigenvalue weighted by molar-refractivity contribution is -0.139. The molecule has 0 saturated carbocycles. The van der Waals surface area contributed by atoms with E-state index in [0.29, 0.717) is 13.0 Å². The Bertz CT molecular complexity index is 1020. The zero-order valence-electron chi connectivity index (χ0n) is 16.6. The van der Waals surface area contributed by atoms with E-state index in [-0.39, 0.29) is 4.90 Å². The summed E-state index contributed by atoms with van der Waals surface area (Å²) in [6.45, 7) is 2.40. The van der Waals surface area contributed by atoms with Crippen LogP contribution in [0, 0.1) is 6.92 Å². The van der Waals surface area contributed by atoms with E-state index >= 15 is 0 Å². The summed E-state index contributed by atoms with van der Waals surface area (Å²) in [6.07, 6.45) is 0.489. The maximum absolute atomic E-state index is 11.3. The van der Waals surface area contributed by atoms with Gasteiger partial charge < -0.3 is 10.4 Å². The van der Waals surface area contributed by atoms with E-state index in [1.807, 2.05) is 67.6 Å². The highest BCUT2D eigenvalue weighted by molar-refractivity contribution is 7.85. The highest BCUT2D eigenvalue weighted by Crippen LogP contribution is 2.08. The Morgan fingerprint density at radius 2 is 1.37 bits per heavy atom. The molecule has 0 spiro atoms. The first-order valence-corrected chi connectivity index (χ1v) is 10.8. The van der Waals surface area contributed by atoms with E-state index in [0.717, 1.165) is 16.7 Å². The van der Waals surface area contributed by atoms with Crippen LogP contribution >= 0.6 is 0 Å². The Labute approximate surface area is 177 Å². The molecule has 0 saturated heterocycles. The summed E-state index contributed by atoms with van der Waals surface area (Å²) in [7, 11) is -4.02. The Hall–Kier alpha value is -3.00. The molecule has 0 aromatic heterocycles. The number of carboxylic acids is 1. The SMILES string of the molecule is Cc1ccc(S(=O)(=O)O)cc1.O=C(O)C(Cc1ccccc1)NCc1ccccc1. The van der Waals surface area contributed by atoms with Crippen molar-refractivity contribution in [3.63, 3.8) is 0 Å². The van der Waals surface area contributed by atoms with E-state index < -0.39 is 22.1 Å². The highest BCUT2D eigenvalue weighted by Gasteiger charge is 2.16. The number of benzene rings is 3. The normalized spacial score (nSPS) is 11.8. The zero-order chi connectivity index (χ0) is 22.0. The van der Waals surface area contributed by atoms with Crippen molar-refractivity contribution in [3.05, 3.63) is 102 Å². The van der Waals surface area contributed by atoms with E-state index in [1.54, 1.807) is 12.1 Å². The molecule has 1 unspecified atom stereocenters. The molecule has 3 N–H and O–H groups in total. The molecular formula is C23H25NO5S. The lowest BCUT2D eigenvalue weighted by Crippen LogP contribution is -2.38. The molecule has 0 heterocycles. The molecule has 0 aliphatic rings. The third-order valence-corrected chi connectivity index (χ3v) is 5.16. The summed E-state index contributed by atoms with van der Waals surface area (Å²) >= 11 is 0. The molecule has 0 bridgehead atoms. The first-order valence-electron chi connectivity index (χ1n) is 9.34. The van der Waals surface area contributed by atoms with E-state index in [9.17, 15) is 18.3 Å². The van der Waals surface area contributed by atoms with Crippen LogP contribution in [-0.4, -0.2) is 30.1 Å². The van der Waals surface area contributed by atoms with Crippen molar-refractivity contribution in [2.75, 3.05) is 0 Å². The summed E-state index contributed by atoms with van der Waals surface area (Å²) in [5.74, 6) is -0.820. The van der Waals surface area contributed by atoms with Crippen LogP contribution in [0.2, 0.25) is 0 Å². The van der Waals surface area contributed by atoms with Crippen LogP contribution in [0.1, 0.15) is 16.7 Å². The first kappa shape index (κ1) is 23.3. The van der Waals surface area contributed by atoms with Gasteiger partial charge in [-0.25, -0.2) is 0 Å². The standard InChI is InChI=1S/C16H17NO2.C7H8O3S/c18-16(19)15(11-13-7-3-1-4-8-13)17-12-14-9-5-2-6-10-14;1-6-2-4-7(5-3-6)11(8,9)10/h1-10,15,17H,11-12H2,(H,18,19);2-5H,1H3,(H,8,9,10). The monoisotopic (exact) mass is 427 g/mol. The number of hydrogen-bond donors (Lipinski definition) is 3. The van der Waals surface area contributed by atoms with Crippen LogP contribution < -0.4 is 5.32 Å². The fraction of sp³-hybridized carbons (Fsp3) is 0.174. The van der Waals surface area contributed by atoms with Gasteiger partial charge >= 0.3 is 5.97 Å². The molecule has 0 aliphatic carbocycles. The van der Waals surface area contributed by atoms with Crippen LogP contribution in [0.5, 0.6) is 0 Å². The molecule has 3 aromatic carbocycles. The minimum Gasteiger partial charge on any atom is -0.480 e. The topological polar surface area (TPSA) is 104 Å². The maximum atomic E-state index is 11.3. The predicted molar refractivity (Wildman–Crippen MR) is 116 cm³/mol. The average Bonchev–Trinajstić information content (AvgIpc) is 2.72. The van der Waals surface area contributed by atoms with Crippen LogP contribution in [-0.2, 0) is 27.9 Å². The van der Waals surface area contributed by atoms with Gasteiger partial charge in [-0.2, -0.15) is 8.42 Å². The average molecular weight is 428 g/mol. The fourth-order valence-electron chi connectivity index (χ4n) is 2.64. The number of carboxylic acid groups (broad SMARTS) is 1. The minimum absolute atomic E-state index is 0.0666. The van der Waals surface area contributed by atoms with Crippen molar-refractivity contribution in [3.8, 4) is 0 Å². The summed E-state index contributed by atoms with van der Waals surface area (Å²) in [5.41, 5.74) is 3.06. The summed E-state index contributed by atoms with van der Waals surface area (Å²) < 4.78 is 29.6. The Morgan fingerprint density at radius 1 is 0.867 bits per heavy atom. The van der Waals surface area contributed by atoms with Crippen LogP contribution in [0.25, 0.3) is 0 Å². The van der Waals surface area contributed by atoms with Crippen molar-refractivity contribution in [2.24, 2.45) is 0 Å². The lowest BCUT2D eigenvalue weighted by Gasteiger charge is -2.14. The van der Waals surface area contributed by atoms with Gasteiger partial charge in [-0.15, -0.1) is 0 Å². The number of hydrogen-bond acceptors (Lipinski definition) is 4. The number of aryl methyl sites for hydroxylation is 1. The van der Waals surface area contributed by atoms with E-state index in [1.165, 1.54) is 12.1 Å². The minimum atomic E-state index is -4.02. The molecule has 6 nitrogen and oxygen atoms in total. The van der Waals surface area contributed by atoms with E-state index in [2.05, 4.69) is 5.32 Å².